The Morgan fingerprint density at radius 1 is 1.42 bits per heavy atom. The second-order valence-electron chi connectivity index (χ2n) is 3.05. The summed E-state index contributed by atoms with van der Waals surface area (Å²) in [6.07, 6.45) is 3.89. The van der Waals surface area contributed by atoms with Crippen molar-refractivity contribution < 1.29 is 0 Å². The van der Waals surface area contributed by atoms with Crippen molar-refractivity contribution in [3.63, 3.8) is 0 Å². The molecule has 1 aliphatic rings. The fourth-order valence-corrected chi connectivity index (χ4v) is 1.51. The molecule has 58 valence electrons. The predicted octanol–water partition coefficient (Wildman–Crippen LogP) is 2.92. The third-order valence-corrected chi connectivity index (χ3v) is 2.14. The van der Waals surface area contributed by atoms with Gasteiger partial charge in [0.2, 0.25) is 5.39 Å². The molecule has 1 aliphatic carbocycles. The SMILES string of the molecule is Cc1ccc2c(c1)C=CC2[N+]#N. The molecule has 2 nitrogen and oxygen atoms in total. The molecule has 1 aromatic carbocycles. The van der Waals surface area contributed by atoms with Gasteiger partial charge in [-0.1, -0.05) is 23.8 Å². The van der Waals surface area contributed by atoms with Gasteiger partial charge in [0.15, 0.2) is 0 Å². The van der Waals surface area contributed by atoms with Gasteiger partial charge < -0.3 is 0 Å². The third kappa shape index (κ3) is 0.911. The number of fused-ring (bicyclic) bond motifs is 1. The number of aryl methyl sites for hydroxylation is 1. The van der Waals surface area contributed by atoms with E-state index < -0.39 is 0 Å². The molecule has 0 spiro atoms. The van der Waals surface area contributed by atoms with Crippen molar-refractivity contribution in [1.82, 2.24) is 0 Å². The molecule has 0 saturated heterocycles. The highest BCUT2D eigenvalue weighted by atomic mass is 14.9. The maximum atomic E-state index is 8.66. The van der Waals surface area contributed by atoms with Crippen LogP contribution in [0.4, 0.5) is 0 Å². The first-order chi connectivity index (χ1) is 5.81. The molecular formula is C10H9N2+. The summed E-state index contributed by atoms with van der Waals surface area (Å²) < 4.78 is 0. The molecule has 0 amide bonds. The van der Waals surface area contributed by atoms with Gasteiger partial charge in [0, 0.05) is 6.08 Å². The van der Waals surface area contributed by atoms with Crippen molar-refractivity contribution in [3.05, 3.63) is 45.9 Å². The van der Waals surface area contributed by atoms with Crippen molar-refractivity contribution in [2.45, 2.75) is 13.0 Å². The van der Waals surface area contributed by atoms with Crippen LogP contribution in [0, 0.1) is 12.3 Å². The summed E-state index contributed by atoms with van der Waals surface area (Å²) in [6.45, 7) is 2.05. The molecule has 2 rings (SSSR count). The summed E-state index contributed by atoms with van der Waals surface area (Å²) >= 11 is 0. The lowest BCUT2D eigenvalue weighted by molar-refractivity contribution is 1.06. The molecule has 0 aromatic heterocycles. The first-order valence-corrected chi connectivity index (χ1v) is 3.94. The highest BCUT2D eigenvalue weighted by Gasteiger charge is 2.26. The Balaban J connectivity index is 2.55. The van der Waals surface area contributed by atoms with Gasteiger partial charge in [-0.3, -0.25) is 0 Å². The van der Waals surface area contributed by atoms with E-state index in [2.05, 4.69) is 18.0 Å². The Hall–Kier alpha value is -1.62. The minimum absolute atomic E-state index is 0.152. The second kappa shape index (κ2) is 2.46. The topological polar surface area (TPSA) is 28.1 Å². The largest absolute Gasteiger partial charge is 0.358 e. The Morgan fingerprint density at radius 3 is 3.00 bits per heavy atom. The molecule has 0 fully saturated rings. The average Bonchev–Trinajstić information content (AvgIpc) is 2.46. The molecule has 1 aromatic rings. The van der Waals surface area contributed by atoms with Crippen LogP contribution in [-0.2, 0) is 0 Å². The van der Waals surface area contributed by atoms with Crippen molar-refractivity contribution in [1.29, 1.82) is 5.39 Å². The Bertz CT molecular complexity index is 385. The van der Waals surface area contributed by atoms with Crippen LogP contribution in [-0.4, -0.2) is 0 Å². The van der Waals surface area contributed by atoms with Crippen LogP contribution in [0.3, 0.4) is 0 Å². The summed E-state index contributed by atoms with van der Waals surface area (Å²) in [6, 6.07) is 5.98. The van der Waals surface area contributed by atoms with Gasteiger partial charge in [-0.05, 0) is 18.6 Å². The van der Waals surface area contributed by atoms with Crippen molar-refractivity contribution >= 4 is 6.08 Å². The number of nitrogens with zero attached hydrogens (tertiary/aromatic N) is 2. The van der Waals surface area contributed by atoms with E-state index in [1.165, 1.54) is 5.56 Å². The molecule has 12 heavy (non-hydrogen) atoms. The van der Waals surface area contributed by atoms with Crippen LogP contribution < -0.4 is 0 Å². The van der Waals surface area contributed by atoms with Crippen LogP contribution in [0.5, 0.6) is 0 Å². The zero-order valence-electron chi connectivity index (χ0n) is 6.86. The van der Waals surface area contributed by atoms with E-state index in [4.69, 9.17) is 5.39 Å². The average molecular weight is 157 g/mol. The van der Waals surface area contributed by atoms with Crippen LogP contribution in [0.2, 0.25) is 0 Å². The number of rotatable bonds is 0. The van der Waals surface area contributed by atoms with E-state index in [0.717, 1.165) is 11.1 Å². The van der Waals surface area contributed by atoms with Crippen molar-refractivity contribution in [3.8, 4) is 0 Å². The lowest BCUT2D eigenvalue weighted by atomic mass is 10.1. The van der Waals surface area contributed by atoms with E-state index in [0.29, 0.717) is 0 Å². The van der Waals surface area contributed by atoms with E-state index in [1.807, 2.05) is 24.3 Å². The summed E-state index contributed by atoms with van der Waals surface area (Å²) in [7, 11) is 0. The minimum Gasteiger partial charge on any atom is -0.0587 e. The number of diazo groups is 1. The fraction of sp³-hybridized carbons (Fsp3) is 0.200. The van der Waals surface area contributed by atoms with Gasteiger partial charge in [0.05, 0.1) is 5.56 Å². The first-order valence-electron chi connectivity index (χ1n) is 3.94. The summed E-state index contributed by atoms with van der Waals surface area (Å²) in [5, 5.41) is 8.66. The molecule has 1 unspecified atom stereocenters. The van der Waals surface area contributed by atoms with Crippen LogP contribution in [0.1, 0.15) is 22.7 Å². The summed E-state index contributed by atoms with van der Waals surface area (Å²) in [4.78, 5) is 3.27. The monoisotopic (exact) mass is 157 g/mol. The molecule has 0 N–H and O–H groups in total. The standard InChI is InChI=1S/C10H9N2/c1-7-2-4-9-8(6-7)3-5-10(9)12-11/h2-6,10H,1H3/q+1. The number of hydrogen-bond donors (Lipinski definition) is 0. The highest BCUT2D eigenvalue weighted by molar-refractivity contribution is 5.63. The van der Waals surface area contributed by atoms with Crippen LogP contribution in [0.25, 0.3) is 11.1 Å². The molecular weight excluding hydrogens is 148 g/mol. The van der Waals surface area contributed by atoms with Crippen molar-refractivity contribution in [2.75, 3.05) is 0 Å². The van der Waals surface area contributed by atoms with Crippen LogP contribution >= 0.6 is 0 Å². The van der Waals surface area contributed by atoms with Crippen LogP contribution in [0.15, 0.2) is 24.3 Å². The predicted molar refractivity (Wildman–Crippen MR) is 48.0 cm³/mol. The number of benzene rings is 1. The molecule has 0 saturated carbocycles. The molecule has 0 aliphatic heterocycles. The second-order valence-corrected chi connectivity index (χ2v) is 3.05. The van der Waals surface area contributed by atoms with E-state index in [9.17, 15) is 0 Å². The molecule has 0 bridgehead atoms. The molecule has 0 radical (unpaired) electrons. The Labute approximate surface area is 71.2 Å². The zero-order chi connectivity index (χ0) is 8.55. The lowest BCUT2D eigenvalue weighted by Crippen LogP contribution is -1.86. The molecule has 2 heteroatoms. The summed E-state index contributed by atoms with van der Waals surface area (Å²) in [5.41, 5.74) is 3.48. The van der Waals surface area contributed by atoms with Gasteiger partial charge in [-0.15, -0.1) is 0 Å². The zero-order valence-corrected chi connectivity index (χ0v) is 6.86. The summed E-state index contributed by atoms with van der Waals surface area (Å²) in [5.74, 6) is 0. The van der Waals surface area contributed by atoms with Gasteiger partial charge in [0.25, 0.3) is 0 Å². The van der Waals surface area contributed by atoms with E-state index in [1.54, 1.807) is 0 Å². The van der Waals surface area contributed by atoms with Crippen molar-refractivity contribution in [2.24, 2.45) is 0 Å². The Kier molecular flexibility index (Phi) is 1.44. The fourth-order valence-electron chi connectivity index (χ4n) is 1.51. The normalized spacial score (nSPS) is 18.8. The van der Waals surface area contributed by atoms with E-state index >= 15 is 0 Å². The molecule has 0 heterocycles. The highest BCUT2D eigenvalue weighted by Crippen LogP contribution is 2.31. The lowest BCUT2D eigenvalue weighted by Gasteiger charge is -1.96. The van der Waals surface area contributed by atoms with Gasteiger partial charge in [0.1, 0.15) is 4.98 Å². The Morgan fingerprint density at radius 2 is 2.25 bits per heavy atom. The van der Waals surface area contributed by atoms with Gasteiger partial charge in [-0.25, -0.2) is 0 Å². The van der Waals surface area contributed by atoms with Gasteiger partial charge >= 0.3 is 6.04 Å². The van der Waals surface area contributed by atoms with E-state index in [-0.39, 0.29) is 6.04 Å². The maximum absolute atomic E-state index is 8.66. The van der Waals surface area contributed by atoms with Gasteiger partial charge in [-0.2, -0.15) is 0 Å². The number of hydrogen-bond acceptors (Lipinski definition) is 1. The third-order valence-electron chi connectivity index (χ3n) is 2.14. The smallest absolute Gasteiger partial charge is 0.0587 e. The minimum atomic E-state index is -0.152. The first kappa shape index (κ1) is 7.05. The maximum Gasteiger partial charge on any atom is 0.358 e. The quantitative estimate of drug-likeness (QED) is 0.532. The molecule has 1 atom stereocenters.